The summed E-state index contributed by atoms with van der Waals surface area (Å²) in [5.74, 6) is -0.179. The van der Waals surface area contributed by atoms with Crippen LogP contribution in [0.25, 0.3) is 0 Å². The van der Waals surface area contributed by atoms with Crippen molar-refractivity contribution in [3.63, 3.8) is 0 Å². The standard InChI is InChI=1S/C19H21F3N4O3/c1-12(2)14-4-6-15(7-5-14)29-11-25-9-8-16(24-25)17(27)26-18(28,19(20,21)22)10-13(3)23-26/h4-9,12,28H,10-11H2,1-3H3/t18-/m0/s1. The van der Waals surface area contributed by atoms with Crippen molar-refractivity contribution >= 4 is 11.6 Å². The van der Waals surface area contributed by atoms with Crippen molar-refractivity contribution in [3.8, 4) is 5.75 Å². The van der Waals surface area contributed by atoms with E-state index >= 15 is 0 Å². The zero-order valence-corrected chi connectivity index (χ0v) is 16.1. The van der Waals surface area contributed by atoms with Gasteiger partial charge in [0, 0.05) is 18.3 Å². The number of aromatic nitrogens is 2. The molecule has 0 aliphatic carbocycles. The number of hydrogen-bond donors (Lipinski definition) is 1. The predicted octanol–water partition coefficient (Wildman–Crippen LogP) is 3.52. The molecule has 0 radical (unpaired) electrons. The largest absolute Gasteiger partial charge is 0.471 e. The second-order valence-electron chi connectivity index (χ2n) is 7.18. The van der Waals surface area contributed by atoms with Gasteiger partial charge in [0.25, 0.3) is 11.6 Å². The fourth-order valence-corrected chi connectivity index (χ4v) is 2.90. The molecular formula is C19H21F3N4O3. The van der Waals surface area contributed by atoms with E-state index in [1.165, 1.54) is 23.9 Å². The summed E-state index contributed by atoms with van der Waals surface area (Å²) in [6.45, 7) is 5.41. The quantitative estimate of drug-likeness (QED) is 0.818. The summed E-state index contributed by atoms with van der Waals surface area (Å²) in [5, 5.41) is 17.6. The maximum absolute atomic E-state index is 13.3. The number of carbonyl (C=O) groups excluding carboxylic acids is 1. The van der Waals surface area contributed by atoms with Gasteiger partial charge in [-0.3, -0.25) is 4.79 Å². The fraction of sp³-hybridized carbons (Fsp3) is 0.421. The topological polar surface area (TPSA) is 80.0 Å². The first kappa shape index (κ1) is 20.8. The number of aliphatic hydroxyl groups is 1. The lowest BCUT2D eigenvalue weighted by molar-refractivity contribution is -0.297. The minimum Gasteiger partial charge on any atom is -0.471 e. The Bertz CT molecular complexity index is 922. The van der Waals surface area contributed by atoms with Gasteiger partial charge < -0.3 is 9.84 Å². The molecule has 0 spiro atoms. The van der Waals surface area contributed by atoms with Crippen LogP contribution in [0, 0.1) is 0 Å². The zero-order valence-electron chi connectivity index (χ0n) is 16.1. The molecule has 29 heavy (non-hydrogen) atoms. The van der Waals surface area contributed by atoms with Crippen molar-refractivity contribution in [1.82, 2.24) is 14.8 Å². The lowest BCUT2D eigenvalue weighted by Gasteiger charge is -2.32. The Labute approximate surface area is 165 Å². The van der Waals surface area contributed by atoms with E-state index in [4.69, 9.17) is 4.74 Å². The maximum Gasteiger partial charge on any atom is 0.438 e. The molecule has 1 aromatic heterocycles. The van der Waals surface area contributed by atoms with E-state index in [-0.39, 0.29) is 23.1 Å². The van der Waals surface area contributed by atoms with E-state index in [0.29, 0.717) is 11.7 Å². The minimum absolute atomic E-state index is 0.00853. The Hall–Kier alpha value is -2.88. The highest BCUT2D eigenvalue weighted by atomic mass is 19.4. The van der Waals surface area contributed by atoms with Gasteiger partial charge in [0.05, 0.1) is 0 Å². The molecule has 3 rings (SSSR count). The van der Waals surface area contributed by atoms with E-state index in [9.17, 15) is 23.1 Å². The third-order valence-corrected chi connectivity index (χ3v) is 4.54. The fourth-order valence-electron chi connectivity index (χ4n) is 2.90. The number of rotatable bonds is 5. The van der Waals surface area contributed by atoms with Crippen LogP contribution in [0.4, 0.5) is 13.2 Å². The van der Waals surface area contributed by atoms with Crippen molar-refractivity contribution < 1.29 is 27.8 Å². The van der Waals surface area contributed by atoms with E-state index in [0.717, 1.165) is 5.56 Å². The van der Waals surface area contributed by atoms with Gasteiger partial charge in [0.1, 0.15) is 5.75 Å². The van der Waals surface area contributed by atoms with Gasteiger partial charge >= 0.3 is 6.18 Å². The van der Waals surface area contributed by atoms with Crippen LogP contribution in [0.5, 0.6) is 5.75 Å². The SMILES string of the molecule is CC1=NN(C(=O)c2ccn(COc3ccc(C(C)C)cc3)n2)[C@@](O)(C(F)(F)F)C1. The van der Waals surface area contributed by atoms with Crippen LogP contribution in [0.3, 0.4) is 0 Å². The summed E-state index contributed by atoms with van der Waals surface area (Å²) in [6.07, 6.45) is -4.47. The minimum atomic E-state index is -5.06. The molecule has 1 amide bonds. The van der Waals surface area contributed by atoms with E-state index in [1.807, 2.05) is 12.1 Å². The number of hydrazone groups is 1. The van der Waals surface area contributed by atoms with Crippen LogP contribution in [0.2, 0.25) is 0 Å². The average Bonchev–Trinajstić information content (AvgIpc) is 3.24. The van der Waals surface area contributed by atoms with Crippen LogP contribution in [-0.2, 0) is 6.73 Å². The second-order valence-corrected chi connectivity index (χ2v) is 7.18. The Morgan fingerprint density at radius 3 is 2.52 bits per heavy atom. The lowest BCUT2D eigenvalue weighted by atomic mass is 10.0. The smallest absolute Gasteiger partial charge is 0.438 e. The normalized spacial score (nSPS) is 19.6. The lowest BCUT2D eigenvalue weighted by Crippen LogP contribution is -2.56. The zero-order chi connectivity index (χ0) is 21.4. The van der Waals surface area contributed by atoms with Gasteiger partial charge in [0.15, 0.2) is 12.4 Å². The summed E-state index contributed by atoms with van der Waals surface area (Å²) < 4.78 is 46.7. The first-order chi connectivity index (χ1) is 13.5. The van der Waals surface area contributed by atoms with Crippen LogP contribution < -0.4 is 4.74 Å². The van der Waals surface area contributed by atoms with Crippen LogP contribution in [0.15, 0.2) is 41.6 Å². The highest BCUT2D eigenvalue weighted by Gasteiger charge is 2.63. The van der Waals surface area contributed by atoms with Crippen LogP contribution in [0.1, 0.15) is 49.2 Å². The van der Waals surface area contributed by atoms with Crippen LogP contribution >= 0.6 is 0 Å². The summed E-state index contributed by atoms with van der Waals surface area (Å²) in [7, 11) is 0. The van der Waals surface area contributed by atoms with E-state index in [2.05, 4.69) is 24.0 Å². The Morgan fingerprint density at radius 2 is 1.93 bits per heavy atom. The molecule has 2 heterocycles. The molecule has 156 valence electrons. The number of nitrogens with zero attached hydrogens (tertiary/aromatic N) is 4. The molecule has 0 saturated carbocycles. The van der Waals surface area contributed by atoms with Gasteiger partial charge in [-0.25, -0.2) is 4.68 Å². The molecule has 0 saturated heterocycles. The Balaban J connectivity index is 1.70. The molecule has 7 nitrogen and oxygen atoms in total. The molecule has 1 aromatic carbocycles. The molecule has 10 heteroatoms. The summed E-state index contributed by atoms with van der Waals surface area (Å²) >= 11 is 0. The number of benzene rings is 1. The number of amides is 1. The molecule has 2 aromatic rings. The monoisotopic (exact) mass is 410 g/mol. The van der Waals surface area contributed by atoms with Gasteiger partial charge in [-0.05, 0) is 36.6 Å². The van der Waals surface area contributed by atoms with Crippen molar-refractivity contribution in [2.45, 2.75) is 51.7 Å². The summed E-state index contributed by atoms with van der Waals surface area (Å²) in [6, 6.07) is 8.72. The first-order valence-corrected chi connectivity index (χ1v) is 8.95. The Morgan fingerprint density at radius 1 is 1.28 bits per heavy atom. The molecule has 1 N–H and O–H groups in total. The second kappa shape index (κ2) is 7.51. The summed E-state index contributed by atoms with van der Waals surface area (Å²) in [5.41, 5.74) is -2.52. The van der Waals surface area contributed by atoms with E-state index in [1.54, 1.807) is 12.1 Å². The van der Waals surface area contributed by atoms with E-state index < -0.39 is 24.2 Å². The highest BCUT2D eigenvalue weighted by Crippen LogP contribution is 2.40. The molecule has 1 aliphatic rings. The summed E-state index contributed by atoms with van der Waals surface area (Å²) in [4.78, 5) is 12.5. The van der Waals surface area contributed by atoms with Crippen molar-refractivity contribution in [2.75, 3.05) is 0 Å². The maximum atomic E-state index is 13.3. The third kappa shape index (κ3) is 4.12. The van der Waals surface area contributed by atoms with Crippen molar-refractivity contribution in [2.24, 2.45) is 5.10 Å². The van der Waals surface area contributed by atoms with Crippen molar-refractivity contribution in [3.05, 3.63) is 47.8 Å². The van der Waals surface area contributed by atoms with Gasteiger partial charge in [-0.1, -0.05) is 26.0 Å². The number of alkyl halides is 3. The van der Waals surface area contributed by atoms with Crippen molar-refractivity contribution in [1.29, 1.82) is 0 Å². The average molecular weight is 410 g/mol. The molecule has 1 aliphatic heterocycles. The van der Waals surface area contributed by atoms with Gasteiger partial charge in [-0.15, -0.1) is 0 Å². The van der Waals surface area contributed by atoms with Crippen LogP contribution in [-0.4, -0.2) is 43.4 Å². The number of halogens is 3. The molecule has 1 atom stereocenters. The number of hydrogen-bond acceptors (Lipinski definition) is 5. The Kier molecular flexibility index (Phi) is 5.40. The number of ether oxygens (including phenoxy) is 1. The first-order valence-electron chi connectivity index (χ1n) is 8.95. The number of carbonyl (C=O) groups is 1. The van der Waals surface area contributed by atoms with Gasteiger partial charge in [0.2, 0.25) is 0 Å². The molecule has 0 bridgehead atoms. The molecule has 0 unspecified atom stereocenters. The highest BCUT2D eigenvalue weighted by molar-refractivity contribution is 5.96. The third-order valence-electron chi connectivity index (χ3n) is 4.54. The van der Waals surface area contributed by atoms with Gasteiger partial charge in [-0.2, -0.15) is 28.4 Å². The molecular weight excluding hydrogens is 389 g/mol. The molecule has 0 fully saturated rings. The predicted molar refractivity (Wildman–Crippen MR) is 98.3 cm³/mol.